The fourth-order valence-electron chi connectivity index (χ4n) is 0.815. The summed E-state index contributed by atoms with van der Waals surface area (Å²) in [4.78, 5) is 1.06. The largest absolute Gasteiger partial charge is 0.591 e. The van der Waals surface area contributed by atoms with Crippen LogP contribution < -0.4 is 0 Å². The Morgan fingerprint density at radius 3 is 2.47 bits per heavy atom. The zero-order valence-corrected chi connectivity index (χ0v) is 12.4. The molecule has 0 aliphatic heterocycles. The molecule has 1 atom stereocenters. The molecule has 0 fully saturated rings. The number of rotatable bonds is 2. The van der Waals surface area contributed by atoms with Gasteiger partial charge >= 0.3 is 0 Å². The normalized spacial score (nSPS) is 15.5. The van der Waals surface area contributed by atoms with Gasteiger partial charge in [-0.3, -0.25) is 0 Å². The van der Waals surface area contributed by atoms with Crippen molar-refractivity contribution in [2.24, 2.45) is 4.40 Å². The van der Waals surface area contributed by atoms with Crippen LogP contribution in [0, 0.1) is 0 Å². The average Bonchev–Trinajstić information content (AvgIpc) is 2.50. The number of halogens is 1. The summed E-state index contributed by atoms with van der Waals surface area (Å²) in [5.74, 6) is 0. The third-order valence-corrected chi connectivity index (χ3v) is 4.89. The minimum atomic E-state index is -1.18. The molecule has 1 aromatic heterocycles. The Morgan fingerprint density at radius 1 is 1.47 bits per heavy atom. The molecule has 0 unspecified atom stereocenters. The molecule has 0 saturated carbocycles. The highest BCUT2D eigenvalue weighted by Crippen LogP contribution is 2.24. The van der Waals surface area contributed by atoms with E-state index in [4.69, 9.17) is 0 Å². The molecule has 1 heterocycles. The molecule has 0 saturated heterocycles. The van der Waals surface area contributed by atoms with Crippen LogP contribution in [0.3, 0.4) is 0 Å². The molecule has 0 amide bonds. The Bertz CT molecular complexity index is 368. The van der Waals surface area contributed by atoms with Crippen LogP contribution >= 0.6 is 27.3 Å². The van der Waals surface area contributed by atoms with Crippen molar-refractivity contribution in [3.8, 4) is 0 Å². The molecule has 84 valence electrons. The third kappa shape index (κ3) is 3.90. The fourth-order valence-corrected chi connectivity index (χ4v) is 2.82. The van der Waals surface area contributed by atoms with E-state index in [-0.39, 0.29) is 4.75 Å². The van der Waals surface area contributed by atoms with Crippen molar-refractivity contribution < 1.29 is 4.55 Å². The Balaban J connectivity index is 2.85. The second-order valence-electron chi connectivity index (χ2n) is 4.14. The molecule has 0 aliphatic rings. The topological polar surface area (TPSA) is 35.4 Å². The van der Waals surface area contributed by atoms with Gasteiger partial charge in [0.15, 0.2) is 0 Å². The lowest BCUT2D eigenvalue weighted by atomic mass is 10.3. The number of thiophene rings is 1. The Kier molecular flexibility index (Phi) is 4.40. The maximum absolute atomic E-state index is 11.8. The summed E-state index contributed by atoms with van der Waals surface area (Å²) >= 11 is 3.81. The van der Waals surface area contributed by atoms with Crippen LogP contribution in [0.15, 0.2) is 20.3 Å². The Hall–Kier alpha value is 0.160. The van der Waals surface area contributed by atoms with E-state index in [0.29, 0.717) is 0 Å². The molecule has 15 heavy (non-hydrogen) atoms. The van der Waals surface area contributed by atoms with Crippen LogP contribution in [-0.4, -0.2) is 15.0 Å². The van der Waals surface area contributed by atoms with Crippen molar-refractivity contribution in [3.05, 3.63) is 20.8 Å². The molecule has 0 aliphatic carbocycles. The quantitative estimate of drug-likeness (QED) is 0.605. The van der Waals surface area contributed by atoms with Crippen LogP contribution in [0.4, 0.5) is 0 Å². The van der Waals surface area contributed by atoms with Crippen molar-refractivity contribution >= 4 is 44.3 Å². The van der Waals surface area contributed by atoms with Gasteiger partial charge in [-0.05, 0) is 55.8 Å². The molecule has 0 radical (unpaired) electrons. The summed E-state index contributed by atoms with van der Waals surface area (Å²) in [6.45, 7) is 7.65. The highest BCUT2D eigenvalue weighted by Gasteiger charge is 2.26. The van der Waals surface area contributed by atoms with Gasteiger partial charge in [-0.2, -0.15) is 0 Å². The Morgan fingerprint density at radius 2 is 2.07 bits per heavy atom. The lowest BCUT2D eigenvalue weighted by molar-refractivity contribution is 0.561. The summed E-state index contributed by atoms with van der Waals surface area (Å²) in [6, 6.07) is 3.95. The molecule has 1 rings (SSSR count). The second kappa shape index (κ2) is 4.99. The molecular formula is C10H14BrNOS2. The van der Waals surface area contributed by atoms with E-state index in [1.807, 2.05) is 39.8 Å². The highest BCUT2D eigenvalue weighted by molar-refractivity contribution is 9.11. The van der Waals surface area contributed by atoms with E-state index in [0.717, 1.165) is 14.4 Å². The van der Waals surface area contributed by atoms with E-state index in [1.165, 1.54) is 0 Å². The second-order valence-corrected chi connectivity index (χ2v) is 8.51. The maximum atomic E-state index is 11.8. The predicted molar refractivity (Wildman–Crippen MR) is 72.1 cm³/mol. The fraction of sp³-hybridized carbons (Fsp3) is 0.500. The highest BCUT2D eigenvalue weighted by atomic mass is 79.9. The first-order valence-electron chi connectivity index (χ1n) is 4.53. The van der Waals surface area contributed by atoms with Gasteiger partial charge in [0.25, 0.3) is 0 Å². The molecule has 2 nitrogen and oxygen atoms in total. The van der Waals surface area contributed by atoms with Gasteiger partial charge < -0.3 is 4.55 Å². The van der Waals surface area contributed by atoms with E-state index in [9.17, 15) is 4.55 Å². The van der Waals surface area contributed by atoms with E-state index in [2.05, 4.69) is 20.3 Å². The van der Waals surface area contributed by atoms with Gasteiger partial charge in [-0.15, -0.1) is 11.3 Å². The van der Waals surface area contributed by atoms with Crippen LogP contribution in [0.25, 0.3) is 0 Å². The molecular weight excluding hydrogens is 294 g/mol. The van der Waals surface area contributed by atoms with Crippen molar-refractivity contribution in [1.82, 2.24) is 0 Å². The van der Waals surface area contributed by atoms with Crippen LogP contribution in [-0.2, 0) is 11.4 Å². The van der Waals surface area contributed by atoms with Crippen molar-refractivity contribution in [2.45, 2.75) is 32.4 Å². The predicted octanol–water partition coefficient (Wildman–Crippen LogP) is 3.78. The summed E-state index contributed by atoms with van der Waals surface area (Å²) in [5, 5.41) is 0. The van der Waals surface area contributed by atoms with Gasteiger partial charge in [-0.1, -0.05) is 4.40 Å². The maximum Gasteiger partial charge on any atom is 0.144 e. The van der Waals surface area contributed by atoms with Gasteiger partial charge in [0.2, 0.25) is 0 Å². The SMILES string of the molecule is C/C(=N\[S@@+]([O-])C(C)(C)C)c1ccc(Br)s1. The summed E-state index contributed by atoms with van der Waals surface area (Å²) in [7, 11) is 0. The van der Waals surface area contributed by atoms with Crippen molar-refractivity contribution in [2.75, 3.05) is 0 Å². The first kappa shape index (κ1) is 13.2. The number of hydrogen-bond acceptors (Lipinski definition) is 3. The minimum Gasteiger partial charge on any atom is -0.591 e. The summed E-state index contributed by atoms with van der Waals surface area (Å²) in [5.41, 5.74) is 0.832. The Labute approximate surface area is 106 Å². The number of hydrogen-bond donors (Lipinski definition) is 0. The molecule has 0 aromatic carbocycles. The van der Waals surface area contributed by atoms with Gasteiger partial charge in [0, 0.05) is 0 Å². The average molecular weight is 308 g/mol. The zero-order valence-electron chi connectivity index (χ0n) is 9.20. The van der Waals surface area contributed by atoms with Gasteiger partial charge in [0.05, 0.1) is 8.66 Å². The minimum absolute atomic E-state index is 0.296. The van der Waals surface area contributed by atoms with E-state index < -0.39 is 11.4 Å². The summed E-state index contributed by atoms with van der Waals surface area (Å²) < 4.78 is 16.7. The molecule has 0 spiro atoms. The monoisotopic (exact) mass is 307 g/mol. The summed E-state index contributed by atoms with van der Waals surface area (Å²) in [6.07, 6.45) is 0. The molecule has 1 aromatic rings. The van der Waals surface area contributed by atoms with Gasteiger partial charge in [-0.25, -0.2) is 0 Å². The lowest BCUT2D eigenvalue weighted by Gasteiger charge is -2.18. The molecule has 0 bridgehead atoms. The lowest BCUT2D eigenvalue weighted by Crippen LogP contribution is -2.26. The van der Waals surface area contributed by atoms with E-state index >= 15 is 0 Å². The van der Waals surface area contributed by atoms with Crippen LogP contribution in [0.1, 0.15) is 32.6 Å². The number of nitrogens with zero attached hydrogens (tertiary/aromatic N) is 1. The van der Waals surface area contributed by atoms with Gasteiger partial charge in [0.1, 0.15) is 21.8 Å². The third-order valence-electron chi connectivity index (χ3n) is 1.67. The smallest absolute Gasteiger partial charge is 0.144 e. The standard InChI is InChI=1S/C10H14BrNOS2/c1-7(8-5-6-9(11)14-8)12-15(13)10(2,3)4/h5-6H,1-4H3/b12-7+/t15-/m0/s1. The van der Waals surface area contributed by atoms with Crippen LogP contribution in [0.2, 0.25) is 0 Å². The first-order chi connectivity index (χ1) is 6.80. The van der Waals surface area contributed by atoms with Crippen molar-refractivity contribution in [3.63, 3.8) is 0 Å². The molecule has 5 heteroatoms. The van der Waals surface area contributed by atoms with Crippen molar-refractivity contribution in [1.29, 1.82) is 0 Å². The first-order valence-corrected chi connectivity index (χ1v) is 7.25. The van der Waals surface area contributed by atoms with E-state index in [1.54, 1.807) is 11.3 Å². The molecule has 0 N–H and O–H groups in total. The zero-order chi connectivity index (χ0) is 11.6. The van der Waals surface area contributed by atoms with Crippen LogP contribution in [0.5, 0.6) is 0 Å².